The summed E-state index contributed by atoms with van der Waals surface area (Å²) in [5.41, 5.74) is 1.04. The first kappa shape index (κ1) is 10.2. The fourth-order valence-electron chi connectivity index (χ4n) is 1.53. The third kappa shape index (κ3) is 2.39. The van der Waals surface area contributed by atoms with E-state index in [1.165, 1.54) is 9.75 Å². The second-order valence-corrected chi connectivity index (χ2v) is 5.06. The smallest absolute Gasteiger partial charge is 0.203 e. The largest absolute Gasteiger partial charge is 0.351 e. The summed E-state index contributed by atoms with van der Waals surface area (Å²) in [7, 11) is 2.00. The molecule has 0 atom stereocenters. The van der Waals surface area contributed by atoms with Crippen LogP contribution in [0.25, 0.3) is 0 Å². The van der Waals surface area contributed by atoms with Crippen molar-refractivity contribution in [1.82, 2.24) is 9.55 Å². The maximum absolute atomic E-state index is 4.39. The molecule has 0 radical (unpaired) electrons. The Balaban J connectivity index is 2.01. The number of aryl methyl sites for hydroxylation is 3. The van der Waals surface area contributed by atoms with Gasteiger partial charge in [-0.2, -0.15) is 0 Å². The van der Waals surface area contributed by atoms with E-state index >= 15 is 0 Å². The zero-order chi connectivity index (χ0) is 10.8. The van der Waals surface area contributed by atoms with Crippen molar-refractivity contribution in [3.8, 4) is 0 Å². The summed E-state index contributed by atoms with van der Waals surface area (Å²) in [5.74, 6) is 0.929. The molecule has 0 aliphatic rings. The number of nitrogens with one attached hydrogen (secondary N) is 1. The molecule has 2 rings (SSSR count). The van der Waals surface area contributed by atoms with E-state index in [0.29, 0.717) is 0 Å². The average Bonchev–Trinajstić information content (AvgIpc) is 2.70. The number of rotatable bonds is 3. The molecule has 2 aromatic rings. The van der Waals surface area contributed by atoms with Crippen LogP contribution in [0.2, 0.25) is 0 Å². The van der Waals surface area contributed by atoms with Crippen LogP contribution in [0, 0.1) is 13.8 Å². The Morgan fingerprint density at radius 2 is 2.20 bits per heavy atom. The first-order chi connectivity index (χ1) is 7.15. The van der Waals surface area contributed by atoms with Gasteiger partial charge in [0.1, 0.15) is 0 Å². The van der Waals surface area contributed by atoms with Gasteiger partial charge in [-0.1, -0.05) is 0 Å². The van der Waals surface area contributed by atoms with Crippen molar-refractivity contribution in [2.24, 2.45) is 7.05 Å². The molecule has 0 aliphatic carbocycles. The molecule has 1 N–H and O–H groups in total. The maximum Gasteiger partial charge on any atom is 0.203 e. The van der Waals surface area contributed by atoms with Crippen molar-refractivity contribution >= 4 is 17.3 Å². The Morgan fingerprint density at radius 1 is 1.40 bits per heavy atom. The predicted octanol–water partition coefficient (Wildman–Crippen LogP) is 2.71. The summed E-state index contributed by atoms with van der Waals surface area (Å²) in [6.07, 6.45) is 2.02. The highest BCUT2D eigenvalue weighted by Crippen LogP contribution is 2.16. The van der Waals surface area contributed by atoms with Gasteiger partial charge in [-0.05, 0) is 26.0 Å². The molecular formula is C11H15N3S. The molecule has 0 saturated heterocycles. The van der Waals surface area contributed by atoms with Crippen molar-refractivity contribution in [2.75, 3.05) is 5.32 Å². The zero-order valence-corrected chi connectivity index (χ0v) is 10.1. The number of hydrogen-bond acceptors (Lipinski definition) is 3. The maximum atomic E-state index is 4.39. The molecule has 0 unspecified atom stereocenters. The number of hydrogen-bond donors (Lipinski definition) is 1. The summed E-state index contributed by atoms with van der Waals surface area (Å²) < 4.78 is 2.01. The van der Waals surface area contributed by atoms with E-state index < -0.39 is 0 Å². The molecule has 0 aliphatic heterocycles. The highest BCUT2D eigenvalue weighted by Gasteiger charge is 2.02. The lowest BCUT2D eigenvalue weighted by Gasteiger charge is -2.03. The lowest BCUT2D eigenvalue weighted by atomic mass is 10.4. The van der Waals surface area contributed by atoms with Crippen LogP contribution in [0.4, 0.5) is 5.95 Å². The predicted molar refractivity (Wildman–Crippen MR) is 64.3 cm³/mol. The van der Waals surface area contributed by atoms with Gasteiger partial charge in [0.2, 0.25) is 5.95 Å². The van der Waals surface area contributed by atoms with Gasteiger partial charge in [0.05, 0.1) is 12.2 Å². The van der Waals surface area contributed by atoms with Crippen molar-refractivity contribution in [2.45, 2.75) is 20.4 Å². The van der Waals surface area contributed by atoms with E-state index in [1.807, 2.05) is 36.1 Å². The first-order valence-electron chi connectivity index (χ1n) is 4.94. The highest BCUT2D eigenvalue weighted by atomic mass is 32.1. The van der Waals surface area contributed by atoms with Crippen LogP contribution < -0.4 is 5.32 Å². The van der Waals surface area contributed by atoms with Gasteiger partial charge in [-0.3, -0.25) is 0 Å². The Bertz CT molecular complexity index is 456. The molecule has 2 heterocycles. The van der Waals surface area contributed by atoms with Gasteiger partial charge in [0.25, 0.3) is 0 Å². The van der Waals surface area contributed by atoms with Crippen molar-refractivity contribution in [3.63, 3.8) is 0 Å². The molecule has 0 saturated carbocycles. The van der Waals surface area contributed by atoms with Crippen LogP contribution in [0.15, 0.2) is 18.3 Å². The lowest BCUT2D eigenvalue weighted by Crippen LogP contribution is -2.03. The number of imidazole rings is 1. The summed E-state index contributed by atoms with van der Waals surface area (Å²) in [6.45, 7) is 4.97. The average molecular weight is 221 g/mol. The van der Waals surface area contributed by atoms with Crippen LogP contribution in [0.1, 0.15) is 15.4 Å². The minimum absolute atomic E-state index is 0.850. The van der Waals surface area contributed by atoms with E-state index in [0.717, 1.165) is 18.2 Å². The van der Waals surface area contributed by atoms with Crippen LogP contribution in [-0.4, -0.2) is 9.55 Å². The zero-order valence-electron chi connectivity index (χ0n) is 9.24. The van der Waals surface area contributed by atoms with Crippen LogP contribution in [-0.2, 0) is 13.6 Å². The second kappa shape index (κ2) is 4.06. The SMILES string of the molecule is Cc1cn(C)c(NCc2ccc(C)s2)n1. The van der Waals surface area contributed by atoms with Crippen LogP contribution in [0.3, 0.4) is 0 Å². The number of thiophene rings is 1. The Kier molecular flexibility index (Phi) is 2.77. The summed E-state index contributed by atoms with van der Waals surface area (Å²) in [4.78, 5) is 7.08. The molecule has 0 amide bonds. The molecular weight excluding hydrogens is 206 g/mol. The number of aromatic nitrogens is 2. The molecule has 0 fully saturated rings. The Labute approximate surface area is 93.8 Å². The first-order valence-corrected chi connectivity index (χ1v) is 5.76. The molecule has 0 bridgehead atoms. The van der Waals surface area contributed by atoms with Gasteiger partial charge in [-0.15, -0.1) is 11.3 Å². The quantitative estimate of drug-likeness (QED) is 0.863. The fourth-order valence-corrected chi connectivity index (χ4v) is 2.36. The molecule has 3 nitrogen and oxygen atoms in total. The molecule has 80 valence electrons. The van der Waals surface area contributed by atoms with Crippen molar-refractivity contribution in [3.05, 3.63) is 33.8 Å². The van der Waals surface area contributed by atoms with Crippen molar-refractivity contribution < 1.29 is 0 Å². The minimum Gasteiger partial charge on any atom is -0.351 e. The Morgan fingerprint density at radius 3 is 2.73 bits per heavy atom. The van der Waals surface area contributed by atoms with Gasteiger partial charge in [-0.25, -0.2) is 4.98 Å². The van der Waals surface area contributed by atoms with Gasteiger partial charge in [0.15, 0.2) is 0 Å². The summed E-state index contributed by atoms with van der Waals surface area (Å²) in [5, 5.41) is 3.33. The molecule has 0 spiro atoms. The minimum atomic E-state index is 0.850. The third-order valence-electron chi connectivity index (χ3n) is 2.21. The Hall–Kier alpha value is -1.29. The van der Waals surface area contributed by atoms with Crippen molar-refractivity contribution in [1.29, 1.82) is 0 Å². The van der Waals surface area contributed by atoms with E-state index in [2.05, 4.69) is 29.4 Å². The molecule has 4 heteroatoms. The fraction of sp³-hybridized carbons (Fsp3) is 0.364. The monoisotopic (exact) mass is 221 g/mol. The van der Waals surface area contributed by atoms with Gasteiger partial charge < -0.3 is 9.88 Å². The van der Waals surface area contributed by atoms with E-state index in [1.54, 1.807) is 0 Å². The summed E-state index contributed by atoms with van der Waals surface area (Å²) >= 11 is 1.82. The van der Waals surface area contributed by atoms with Gasteiger partial charge in [0, 0.05) is 23.0 Å². The lowest BCUT2D eigenvalue weighted by molar-refractivity contribution is 0.902. The number of anilines is 1. The second-order valence-electron chi connectivity index (χ2n) is 3.68. The molecule has 2 aromatic heterocycles. The highest BCUT2D eigenvalue weighted by molar-refractivity contribution is 7.11. The summed E-state index contributed by atoms with van der Waals surface area (Å²) in [6, 6.07) is 4.30. The topological polar surface area (TPSA) is 29.9 Å². The third-order valence-corrected chi connectivity index (χ3v) is 3.21. The van der Waals surface area contributed by atoms with Crippen LogP contribution in [0.5, 0.6) is 0 Å². The molecule has 0 aromatic carbocycles. The number of nitrogens with zero attached hydrogens (tertiary/aromatic N) is 2. The van der Waals surface area contributed by atoms with E-state index in [4.69, 9.17) is 0 Å². The van der Waals surface area contributed by atoms with Crippen LogP contribution >= 0.6 is 11.3 Å². The van der Waals surface area contributed by atoms with E-state index in [-0.39, 0.29) is 0 Å². The normalized spacial score (nSPS) is 10.6. The van der Waals surface area contributed by atoms with E-state index in [9.17, 15) is 0 Å². The standard InChI is InChI=1S/C11H15N3S/c1-8-7-14(3)11(13-8)12-6-10-5-4-9(2)15-10/h4-5,7H,6H2,1-3H3,(H,12,13). The molecule has 15 heavy (non-hydrogen) atoms. The van der Waals surface area contributed by atoms with Gasteiger partial charge >= 0.3 is 0 Å².